The predicted octanol–water partition coefficient (Wildman–Crippen LogP) is 3.21. The molecule has 0 heterocycles. The van der Waals surface area contributed by atoms with Crippen LogP contribution in [0.2, 0.25) is 10.0 Å². The molecule has 0 bridgehead atoms. The Morgan fingerprint density at radius 1 is 1.28 bits per heavy atom. The van der Waals surface area contributed by atoms with Crippen LogP contribution in [-0.4, -0.2) is 19.4 Å². The summed E-state index contributed by atoms with van der Waals surface area (Å²) in [5.74, 6) is 0.0738. The summed E-state index contributed by atoms with van der Waals surface area (Å²) in [6.45, 7) is 3.43. The van der Waals surface area contributed by atoms with Crippen LogP contribution in [0.3, 0.4) is 0 Å². The van der Waals surface area contributed by atoms with Crippen LogP contribution < -0.4 is 5.73 Å². The number of nitrogens with two attached hydrogens (primary N) is 1. The van der Waals surface area contributed by atoms with E-state index in [9.17, 15) is 8.42 Å². The quantitative estimate of drug-likeness (QED) is 0.908. The van der Waals surface area contributed by atoms with Gasteiger partial charge < -0.3 is 5.73 Å². The van der Waals surface area contributed by atoms with Crippen molar-refractivity contribution in [2.75, 3.05) is 5.75 Å². The smallest absolute Gasteiger partial charge is 0.154 e. The van der Waals surface area contributed by atoms with Crippen molar-refractivity contribution in [3.05, 3.63) is 33.8 Å². The highest BCUT2D eigenvalue weighted by atomic mass is 35.5. The van der Waals surface area contributed by atoms with E-state index in [0.717, 1.165) is 0 Å². The molecule has 6 heteroatoms. The maximum atomic E-state index is 12.0. The lowest BCUT2D eigenvalue weighted by molar-refractivity contribution is 0.549. The SMILES string of the molecule is CC[C@H]([C@H](N)c1ccc(Cl)cc1Cl)S(=O)(=O)CC. The first-order valence-corrected chi connectivity index (χ1v) is 8.22. The van der Waals surface area contributed by atoms with Crippen molar-refractivity contribution in [3.8, 4) is 0 Å². The molecule has 0 saturated carbocycles. The van der Waals surface area contributed by atoms with Crippen LogP contribution in [0.25, 0.3) is 0 Å². The largest absolute Gasteiger partial charge is 0.323 e. The van der Waals surface area contributed by atoms with Gasteiger partial charge in [0.1, 0.15) is 0 Å². The standard InChI is InChI=1S/C12H17Cl2NO2S/c1-3-11(18(16,17)4-2)12(15)9-6-5-8(13)7-10(9)14/h5-7,11-12H,3-4,15H2,1-2H3/t11-,12-/m1/s1. The Hall–Kier alpha value is -0.290. The van der Waals surface area contributed by atoms with Crippen molar-refractivity contribution < 1.29 is 8.42 Å². The van der Waals surface area contributed by atoms with E-state index in [-0.39, 0.29) is 5.75 Å². The molecular formula is C12H17Cl2NO2S. The maximum Gasteiger partial charge on any atom is 0.154 e. The summed E-state index contributed by atoms with van der Waals surface area (Å²) in [6, 6.07) is 4.28. The van der Waals surface area contributed by atoms with Crippen molar-refractivity contribution in [2.24, 2.45) is 5.73 Å². The molecule has 0 saturated heterocycles. The Morgan fingerprint density at radius 3 is 2.33 bits per heavy atom. The van der Waals surface area contributed by atoms with Crippen LogP contribution >= 0.6 is 23.2 Å². The molecule has 1 rings (SSSR count). The number of hydrogen-bond acceptors (Lipinski definition) is 3. The van der Waals surface area contributed by atoms with Gasteiger partial charge >= 0.3 is 0 Å². The summed E-state index contributed by atoms with van der Waals surface area (Å²) in [5.41, 5.74) is 6.67. The van der Waals surface area contributed by atoms with Gasteiger partial charge in [-0.15, -0.1) is 0 Å². The molecule has 18 heavy (non-hydrogen) atoms. The molecule has 0 aliphatic carbocycles. The van der Waals surface area contributed by atoms with Gasteiger partial charge in [-0.1, -0.05) is 43.1 Å². The van der Waals surface area contributed by atoms with Gasteiger partial charge in [0.05, 0.1) is 5.25 Å². The molecule has 0 amide bonds. The van der Waals surface area contributed by atoms with Crippen LogP contribution in [0, 0.1) is 0 Å². The Kier molecular flexibility index (Phi) is 5.46. The molecule has 1 aromatic rings. The zero-order valence-corrected chi connectivity index (χ0v) is 12.7. The lowest BCUT2D eigenvalue weighted by Gasteiger charge is -2.23. The van der Waals surface area contributed by atoms with Gasteiger partial charge in [-0.2, -0.15) is 0 Å². The minimum Gasteiger partial charge on any atom is -0.323 e. The highest BCUT2D eigenvalue weighted by Crippen LogP contribution is 2.30. The fourth-order valence-electron chi connectivity index (χ4n) is 1.92. The zero-order valence-electron chi connectivity index (χ0n) is 10.4. The van der Waals surface area contributed by atoms with Crippen LogP contribution in [0.5, 0.6) is 0 Å². The molecule has 0 unspecified atom stereocenters. The zero-order chi connectivity index (χ0) is 13.9. The Bertz CT molecular complexity index is 517. The second-order valence-electron chi connectivity index (χ2n) is 4.09. The fraction of sp³-hybridized carbons (Fsp3) is 0.500. The second kappa shape index (κ2) is 6.24. The van der Waals surface area contributed by atoms with E-state index in [4.69, 9.17) is 28.9 Å². The van der Waals surface area contributed by atoms with Crippen LogP contribution in [0.15, 0.2) is 18.2 Å². The van der Waals surface area contributed by atoms with Crippen molar-refractivity contribution in [2.45, 2.75) is 31.6 Å². The topological polar surface area (TPSA) is 60.2 Å². The first kappa shape index (κ1) is 15.8. The van der Waals surface area contributed by atoms with Crippen molar-refractivity contribution in [1.29, 1.82) is 0 Å². The first-order valence-electron chi connectivity index (χ1n) is 5.75. The first-order chi connectivity index (χ1) is 8.33. The normalized spacial score (nSPS) is 15.4. The van der Waals surface area contributed by atoms with E-state index >= 15 is 0 Å². The van der Waals surface area contributed by atoms with Gasteiger partial charge in [0, 0.05) is 21.8 Å². The van der Waals surface area contributed by atoms with Gasteiger partial charge in [-0.05, 0) is 24.1 Å². The van der Waals surface area contributed by atoms with Gasteiger partial charge in [0.2, 0.25) is 0 Å². The van der Waals surface area contributed by atoms with Crippen LogP contribution in [0.1, 0.15) is 31.9 Å². The molecule has 1 aromatic carbocycles. The van der Waals surface area contributed by atoms with Crippen molar-refractivity contribution in [1.82, 2.24) is 0 Å². The number of benzene rings is 1. The molecular weight excluding hydrogens is 293 g/mol. The van der Waals surface area contributed by atoms with Gasteiger partial charge in [-0.25, -0.2) is 8.42 Å². The number of hydrogen-bond donors (Lipinski definition) is 1. The van der Waals surface area contributed by atoms with Crippen LogP contribution in [-0.2, 0) is 9.84 Å². The van der Waals surface area contributed by atoms with E-state index in [0.29, 0.717) is 22.0 Å². The average molecular weight is 310 g/mol. The molecule has 3 nitrogen and oxygen atoms in total. The molecule has 0 aliphatic rings. The Labute approximate surface area is 118 Å². The van der Waals surface area contributed by atoms with Crippen molar-refractivity contribution in [3.63, 3.8) is 0 Å². The fourth-order valence-corrected chi connectivity index (χ4v) is 3.98. The maximum absolute atomic E-state index is 12.0. The average Bonchev–Trinajstić information content (AvgIpc) is 2.29. The van der Waals surface area contributed by atoms with E-state index in [1.807, 2.05) is 6.92 Å². The molecule has 0 spiro atoms. The number of rotatable bonds is 5. The monoisotopic (exact) mass is 309 g/mol. The van der Waals surface area contributed by atoms with E-state index in [1.165, 1.54) is 0 Å². The van der Waals surface area contributed by atoms with Crippen molar-refractivity contribution >= 4 is 33.0 Å². The molecule has 0 aliphatic heterocycles. The van der Waals surface area contributed by atoms with Crippen LogP contribution in [0.4, 0.5) is 0 Å². The third-order valence-electron chi connectivity index (χ3n) is 2.99. The minimum absolute atomic E-state index is 0.0738. The summed E-state index contributed by atoms with van der Waals surface area (Å²) >= 11 is 11.9. The molecule has 2 atom stereocenters. The van der Waals surface area contributed by atoms with E-state index in [2.05, 4.69) is 0 Å². The lowest BCUT2D eigenvalue weighted by Crippen LogP contribution is -2.34. The predicted molar refractivity (Wildman–Crippen MR) is 76.9 cm³/mol. The number of halogens is 2. The molecule has 2 N–H and O–H groups in total. The summed E-state index contributed by atoms with van der Waals surface area (Å²) in [6.07, 6.45) is 0.455. The molecule has 0 radical (unpaired) electrons. The highest BCUT2D eigenvalue weighted by Gasteiger charge is 2.30. The van der Waals surface area contributed by atoms with E-state index < -0.39 is 21.1 Å². The third kappa shape index (κ3) is 3.38. The summed E-state index contributed by atoms with van der Waals surface area (Å²) in [5, 5.41) is 0.281. The summed E-state index contributed by atoms with van der Waals surface area (Å²) in [7, 11) is -3.20. The number of sulfone groups is 1. The van der Waals surface area contributed by atoms with Gasteiger partial charge in [0.15, 0.2) is 9.84 Å². The highest BCUT2D eigenvalue weighted by molar-refractivity contribution is 7.92. The second-order valence-corrected chi connectivity index (χ2v) is 7.44. The molecule has 102 valence electrons. The Morgan fingerprint density at radius 2 is 1.89 bits per heavy atom. The Balaban J connectivity index is 3.15. The summed E-state index contributed by atoms with van der Waals surface area (Å²) < 4.78 is 23.9. The van der Waals surface area contributed by atoms with E-state index in [1.54, 1.807) is 25.1 Å². The molecule has 0 aromatic heterocycles. The van der Waals surface area contributed by atoms with Gasteiger partial charge in [0.25, 0.3) is 0 Å². The third-order valence-corrected chi connectivity index (χ3v) is 5.90. The lowest BCUT2D eigenvalue weighted by atomic mass is 10.0. The minimum atomic E-state index is -3.20. The summed E-state index contributed by atoms with van der Waals surface area (Å²) in [4.78, 5) is 0. The van der Waals surface area contributed by atoms with Gasteiger partial charge in [-0.3, -0.25) is 0 Å². The molecule has 0 fully saturated rings.